The minimum absolute atomic E-state index is 0. The zero-order valence-electron chi connectivity index (χ0n) is 14.4. The number of furan rings is 1. The molecule has 2 rings (SSSR count). The van der Waals surface area contributed by atoms with Crippen LogP contribution in [0.25, 0.3) is 0 Å². The maximum atomic E-state index is 12.6. The fourth-order valence-electron chi connectivity index (χ4n) is 2.28. The summed E-state index contributed by atoms with van der Waals surface area (Å²) < 4.78 is 42.9. The Kier molecular flexibility index (Phi) is 7.86. The molecule has 0 aliphatic carbocycles. The van der Waals surface area contributed by atoms with Gasteiger partial charge in [0.25, 0.3) is 5.91 Å². The van der Waals surface area contributed by atoms with Crippen LogP contribution in [0.5, 0.6) is 0 Å². The highest BCUT2D eigenvalue weighted by Gasteiger charge is 2.41. The topological polar surface area (TPSA) is 88.6 Å². The van der Waals surface area contributed by atoms with E-state index in [-0.39, 0.29) is 37.6 Å². The number of anilines is 1. The largest absolute Gasteiger partial charge is 0.471 e. The fourth-order valence-corrected chi connectivity index (χ4v) is 2.28. The first-order valence-electron chi connectivity index (χ1n) is 7.78. The monoisotopic (exact) mass is 405 g/mol. The van der Waals surface area contributed by atoms with Crippen LogP contribution in [0.1, 0.15) is 28.6 Å². The molecule has 0 aliphatic rings. The number of alkyl halides is 3. The number of carbonyl (C=O) groups is 2. The molecule has 1 aromatic heterocycles. The standard InChI is InChI=1S/C17H18F3N3O3.ClH/c1-2-23(16(25)17(18,19)20)9-11-4-3-5-13(6-11)22-15(24)12-7-14(8-21)26-10-12;/h3-7,10H,2,8-9,21H2,1H3,(H,22,24);1H. The molecule has 1 aromatic carbocycles. The summed E-state index contributed by atoms with van der Waals surface area (Å²) in [6.07, 6.45) is -3.66. The van der Waals surface area contributed by atoms with Crippen LogP contribution in [0.15, 0.2) is 41.0 Å². The van der Waals surface area contributed by atoms with Gasteiger partial charge in [0.1, 0.15) is 12.0 Å². The summed E-state index contributed by atoms with van der Waals surface area (Å²) in [5.41, 5.74) is 6.53. The molecule has 0 fully saturated rings. The van der Waals surface area contributed by atoms with Crippen molar-refractivity contribution in [2.24, 2.45) is 5.73 Å². The van der Waals surface area contributed by atoms with Crippen LogP contribution in [-0.2, 0) is 17.9 Å². The summed E-state index contributed by atoms with van der Waals surface area (Å²) in [5, 5.41) is 2.62. The lowest BCUT2D eigenvalue weighted by atomic mass is 10.1. The number of carbonyl (C=O) groups excluding carboxylic acids is 2. The fraction of sp³-hybridized carbons (Fsp3) is 0.294. The Bertz CT molecular complexity index is 793. The molecule has 3 N–H and O–H groups in total. The second kappa shape index (κ2) is 9.43. The van der Waals surface area contributed by atoms with Crippen molar-refractivity contribution in [3.8, 4) is 0 Å². The first-order chi connectivity index (χ1) is 12.2. The number of amides is 2. The van der Waals surface area contributed by atoms with Crippen LogP contribution < -0.4 is 11.1 Å². The van der Waals surface area contributed by atoms with Gasteiger partial charge in [-0.15, -0.1) is 12.4 Å². The van der Waals surface area contributed by atoms with Crippen LogP contribution >= 0.6 is 12.4 Å². The van der Waals surface area contributed by atoms with Crippen molar-refractivity contribution in [3.63, 3.8) is 0 Å². The first-order valence-corrected chi connectivity index (χ1v) is 7.78. The van der Waals surface area contributed by atoms with E-state index in [2.05, 4.69) is 5.32 Å². The molecular weight excluding hydrogens is 387 g/mol. The predicted molar refractivity (Wildman–Crippen MR) is 95.4 cm³/mol. The number of hydrogen-bond acceptors (Lipinski definition) is 4. The smallest absolute Gasteiger partial charge is 0.467 e. The van der Waals surface area contributed by atoms with Crippen LogP contribution in [-0.4, -0.2) is 29.4 Å². The van der Waals surface area contributed by atoms with Crippen molar-refractivity contribution in [3.05, 3.63) is 53.5 Å². The van der Waals surface area contributed by atoms with Crippen LogP contribution in [0, 0.1) is 0 Å². The van der Waals surface area contributed by atoms with Crippen molar-refractivity contribution in [1.82, 2.24) is 4.90 Å². The van der Waals surface area contributed by atoms with Gasteiger partial charge in [0.15, 0.2) is 0 Å². The lowest BCUT2D eigenvalue weighted by Crippen LogP contribution is -2.40. The molecule has 0 radical (unpaired) electrons. The second-order valence-electron chi connectivity index (χ2n) is 5.48. The third kappa shape index (κ3) is 6.00. The zero-order valence-corrected chi connectivity index (χ0v) is 15.2. The molecular formula is C17H19ClF3N3O3. The average molecular weight is 406 g/mol. The number of nitrogens with two attached hydrogens (primary N) is 1. The van der Waals surface area contributed by atoms with Gasteiger partial charge in [-0.05, 0) is 30.7 Å². The van der Waals surface area contributed by atoms with E-state index in [1.54, 1.807) is 18.2 Å². The average Bonchev–Trinajstić information content (AvgIpc) is 3.08. The van der Waals surface area contributed by atoms with E-state index in [9.17, 15) is 22.8 Å². The summed E-state index contributed by atoms with van der Waals surface area (Å²) >= 11 is 0. The highest BCUT2D eigenvalue weighted by Crippen LogP contribution is 2.21. The van der Waals surface area contributed by atoms with E-state index < -0.39 is 18.0 Å². The molecule has 148 valence electrons. The normalized spacial score (nSPS) is 10.9. The van der Waals surface area contributed by atoms with Gasteiger partial charge in [0, 0.05) is 18.8 Å². The van der Waals surface area contributed by atoms with Gasteiger partial charge < -0.3 is 20.4 Å². The molecule has 0 unspecified atom stereocenters. The Morgan fingerprint density at radius 3 is 2.52 bits per heavy atom. The third-order valence-corrected chi connectivity index (χ3v) is 3.59. The van der Waals surface area contributed by atoms with Gasteiger partial charge in [-0.25, -0.2) is 0 Å². The molecule has 27 heavy (non-hydrogen) atoms. The summed E-state index contributed by atoms with van der Waals surface area (Å²) in [5.74, 6) is -1.89. The molecule has 6 nitrogen and oxygen atoms in total. The van der Waals surface area contributed by atoms with E-state index in [0.29, 0.717) is 21.9 Å². The highest BCUT2D eigenvalue weighted by atomic mass is 35.5. The molecule has 0 bridgehead atoms. The minimum Gasteiger partial charge on any atom is -0.467 e. The number of benzene rings is 1. The Balaban J connectivity index is 0.00000364. The van der Waals surface area contributed by atoms with Gasteiger partial charge >= 0.3 is 12.1 Å². The molecule has 0 atom stereocenters. The Hall–Kier alpha value is -2.52. The Labute approximate surface area is 159 Å². The quantitative estimate of drug-likeness (QED) is 0.771. The molecule has 2 amide bonds. The molecule has 10 heteroatoms. The molecule has 2 aromatic rings. The summed E-state index contributed by atoms with van der Waals surface area (Å²) in [7, 11) is 0. The van der Waals surface area contributed by atoms with E-state index in [1.807, 2.05) is 0 Å². The van der Waals surface area contributed by atoms with Crippen molar-refractivity contribution in [2.75, 3.05) is 11.9 Å². The van der Waals surface area contributed by atoms with E-state index >= 15 is 0 Å². The van der Waals surface area contributed by atoms with Crippen LogP contribution in [0.4, 0.5) is 18.9 Å². The van der Waals surface area contributed by atoms with Gasteiger partial charge in [-0.2, -0.15) is 13.2 Å². The third-order valence-electron chi connectivity index (χ3n) is 3.59. The summed E-state index contributed by atoms with van der Waals surface area (Å²) in [6.45, 7) is 1.31. The zero-order chi connectivity index (χ0) is 19.3. The molecule has 0 aliphatic heterocycles. The van der Waals surface area contributed by atoms with E-state index in [0.717, 1.165) is 0 Å². The maximum Gasteiger partial charge on any atom is 0.471 e. The van der Waals surface area contributed by atoms with Crippen LogP contribution in [0.3, 0.4) is 0 Å². The van der Waals surface area contributed by atoms with Gasteiger partial charge in [0.05, 0.1) is 12.1 Å². The second-order valence-corrected chi connectivity index (χ2v) is 5.48. The van der Waals surface area contributed by atoms with E-state index in [4.69, 9.17) is 10.2 Å². The van der Waals surface area contributed by atoms with Crippen molar-refractivity contribution in [1.29, 1.82) is 0 Å². The molecule has 0 saturated heterocycles. The number of nitrogens with zero attached hydrogens (tertiary/aromatic N) is 1. The van der Waals surface area contributed by atoms with Gasteiger partial charge in [-0.3, -0.25) is 9.59 Å². The SMILES string of the molecule is CCN(Cc1cccc(NC(=O)c2coc(CN)c2)c1)C(=O)C(F)(F)F.Cl. The van der Waals surface area contributed by atoms with Gasteiger partial charge in [0.2, 0.25) is 0 Å². The summed E-state index contributed by atoms with van der Waals surface area (Å²) in [4.78, 5) is 24.2. The predicted octanol–water partition coefficient (Wildman–Crippen LogP) is 3.32. The number of nitrogens with one attached hydrogen (secondary N) is 1. The highest BCUT2D eigenvalue weighted by molar-refractivity contribution is 6.04. The van der Waals surface area contributed by atoms with Crippen molar-refractivity contribution in [2.45, 2.75) is 26.2 Å². The molecule has 1 heterocycles. The summed E-state index contributed by atoms with van der Waals surface area (Å²) in [6, 6.07) is 7.76. The van der Waals surface area contributed by atoms with Crippen molar-refractivity contribution < 1.29 is 27.2 Å². The van der Waals surface area contributed by atoms with Crippen LogP contribution in [0.2, 0.25) is 0 Å². The number of hydrogen-bond donors (Lipinski definition) is 2. The minimum atomic E-state index is -4.93. The maximum absolute atomic E-state index is 12.6. The number of rotatable bonds is 6. The Morgan fingerprint density at radius 1 is 1.26 bits per heavy atom. The molecule has 0 saturated carbocycles. The number of halogens is 4. The first kappa shape index (κ1) is 22.5. The van der Waals surface area contributed by atoms with Gasteiger partial charge in [-0.1, -0.05) is 12.1 Å². The van der Waals surface area contributed by atoms with E-state index in [1.165, 1.54) is 25.3 Å². The Morgan fingerprint density at radius 2 is 1.96 bits per heavy atom. The lowest BCUT2D eigenvalue weighted by Gasteiger charge is -2.22. The lowest BCUT2D eigenvalue weighted by molar-refractivity contribution is -0.185. The molecule has 0 spiro atoms. The van der Waals surface area contributed by atoms with Crippen molar-refractivity contribution >= 4 is 29.9 Å².